The number of rotatable bonds is 6. The molecule has 164 valence electrons. The maximum atomic E-state index is 9.90. The standard InChI is InChI=1S/C26H27N3O3/c1-4-29-15-19(13-17-5-9-20(30-2)10-6-17)25-23(16-29)24(22(14-27)26(28)32-25)18-7-11-21(31-3)12-8-18/h5-12,15,24H,4,13,16,28H2,1-3H3/t24-/m1/s1. The van der Waals surface area contributed by atoms with Gasteiger partial charge in [-0.25, -0.2) is 0 Å². The van der Waals surface area contributed by atoms with Crippen molar-refractivity contribution in [2.75, 3.05) is 27.3 Å². The summed E-state index contributed by atoms with van der Waals surface area (Å²) >= 11 is 0. The average Bonchev–Trinajstić information content (AvgIpc) is 2.84. The zero-order valence-electron chi connectivity index (χ0n) is 18.6. The number of hydrogen-bond acceptors (Lipinski definition) is 6. The van der Waals surface area contributed by atoms with E-state index in [9.17, 15) is 5.26 Å². The molecule has 2 aliphatic heterocycles. The van der Waals surface area contributed by atoms with E-state index >= 15 is 0 Å². The van der Waals surface area contributed by atoms with Gasteiger partial charge in [0.15, 0.2) is 0 Å². The third-order valence-electron chi connectivity index (χ3n) is 5.94. The van der Waals surface area contributed by atoms with Crippen LogP contribution in [0.2, 0.25) is 0 Å². The molecular formula is C26H27N3O3. The lowest BCUT2D eigenvalue weighted by atomic mass is 9.80. The number of ether oxygens (including phenoxy) is 3. The monoisotopic (exact) mass is 429 g/mol. The first-order chi connectivity index (χ1) is 15.6. The average molecular weight is 430 g/mol. The number of likely N-dealkylation sites (N-methyl/N-ethyl adjacent to an activating group) is 1. The van der Waals surface area contributed by atoms with Crippen LogP contribution in [-0.4, -0.2) is 32.2 Å². The van der Waals surface area contributed by atoms with Crippen molar-refractivity contribution in [2.24, 2.45) is 5.73 Å². The van der Waals surface area contributed by atoms with Crippen LogP contribution in [0.1, 0.15) is 24.0 Å². The van der Waals surface area contributed by atoms with Gasteiger partial charge in [-0.2, -0.15) is 5.26 Å². The van der Waals surface area contributed by atoms with Gasteiger partial charge in [-0.3, -0.25) is 0 Å². The molecule has 0 aromatic heterocycles. The molecule has 0 unspecified atom stereocenters. The van der Waals surface area contributed by atoms with Gasteiger partial charge in [0.2, 0.25) is 5.88 Å². The van der Waals surface area contributed by atoms with Crippen molar-refractivity contribution in [1.29, 1.82) is 5.26 Å². The molecular weight excluding hydrogens is 402 g/mol. The molecule has 0 fully saturated rings. The van der Waals surface area contributed by atoms with Crippen molar-refractivity contribution in [3.63, 3.8) is 0 Å². The SMILES string of the molecule is CCN1C=C(Cc2ccc(OC)cc2)C2=C(C1)[C@H](c1ccc(OC)cc1)C(C#N)=C(N)O2. The largest absolute Gasteiger partial charge is 0.497 e. The number of nitriles is 1. The number of nitrogens with two attached hydrogens (primary N) is 1. The highest BCUT2D eigenvalue weighted by Gasteiger charge is 2.36. The molecule has 6 nitrogen and oxygen atoms in total. The molecule has 0 aliphatic carbocycles. The Labute approximate surface area is 188 Å². The number of methoxy groups -OCH3 is 2. The predicted molar refractivity (Wildman–Crippen MR) is 123 cm³/mol. The van der Waals surface area contributed by atoms with E-state index in [1.807, 2.05) is 36.4 Å². The van der Waals surface area contributed by atoms with Crippen molar-refractivity contribution in [3.8, 4) is 17.6 Å². The Morgan fingerprint density at radius 3 is 2.25 bits per heavy atom. The normalized spacial score (nSPS) is 17.9. The molecule has 1 atom stereocenters. The summed E-state index contributed by atoms with van der Waals surface area (Å²) in [6.07, 6.45) is 2.82. The Hall–Kier alpha value is -3.85. The van der Waals surface area contributed by atoms with Gasteiger partial charge in [-0.05, 0) is 42.3 Å². The molecule has 0 amide bonds. The van der Waals surface area contributed by atoms with Crippen LogP contribution >= 0.6 is 0 Å². The quantitative estimate of drug-likeness (QED) is 0.740. The molecule has 4 rings (SSSR count). The minimum atomic E-state index is -0.261. The Bertz CT molecular complexity index is 1120. The smallest absolute Gasteiger partial charge is 0.205 e. The fourth-order valence-corrected chi connectivity index (χ4v) is 4.23. The zero-order valence-corrected chi connectivity index (χ0v) is 18.6. The molecule has 2 aromatic rings. The van der Waals surface area contributed by atoms with Crippen LogP contribution in [0.15, 0.2) is 83.1 Å². The van der Waals surface area contributed by atoms with Crippen molar-refractivity contribution < 1.29 is 14.2 Å². The lowest BCUT2D eigenvalue weighted by molar-refractivity contribution is 0.265. The molecule has 2 aromatic carbocycles. The molecule has 0 radical (unpaired) electrons. The van der Waals surface area contributed by atoms with Crippen LogP contribution in [-0.2, 0) is 11.2 Å². The summed E-state index contributed by atoms with van der Waals surface area (Å²) in [6.45, 7) is 3.64. The fraction of sp³-hybridized carbons (Fsp3) is 0.269. The second-order valence-corrected chi connectivity index (χ2v) is 7.79. The van der Waals surface area contributed by atoms with E-state index in [4.69, 9.17) is 19.9 Å². The Morgan fingerprint density at radius 2 is 1.69 bits per heavy atom. The van der Waals surface area contributed by atoms with Gasteiger partial charge in [0.25, 0.3) is 0 Å². The highest BCUT2D eigenvalue weighted by Crippen LogP contribution is 2.44. The van der Waals surface area contributed by atoms with Crippen molar-refractivity contribution in [1.82, 2.24) is 4.90 Å². The van der Waals surface area contributed by atoms with Gasteiger partial charge in [0.05, 0.1) is 20.1 Å². The van der Waals surface area contributed by atoms with Crippen LogP contribution in [0.5, 0.6) is 11.5 Å². The molecule has 0 bridgehead atoms. The Balaban J connectivity index is 1.77. The van der Waals surface area contributed by atoms with Crippen molar-refractivity contribution in [2.45, 2.75) is 19.3 Å². The summed E-state index contributed by atoms with van der Waals surface area (Å²) in [6, 6.07) is 18.1. The van der Waals surface area contributed by atoms with E-state index in [0.717, 1.165) is 46.1 Å². The van der Waals surface area contributed by atoms with Crippen LogP contribution in [0.3, 0.4) is 0 Å². The molecule has 2 N–H and O–H groups in total. The molecule has 0 saturated heterocycles. The highest BCUT2D eigenvalue weighted by atomic mass is 16.5. The summed E-state index contributed by atoms with van der Waals surface area (Å²) < 4.78 is 16.7. The fourth-order valence-electron chi connectivity index (χ4n) is 4.23. The maximum absolute atomic E-state index is 9.90. The van der Waals surface area contributed by atoms with Crippen LogP contribution < -0.4 is 15.2 Å². The van der Waals surface area contributed by atoms with Crippen LogP contribution in [0, 0.1) is 11.3 Å². The van der Waals surface area contributed by atoms with E-state index in [1.54, 1.807) is 14.2 Å². The Kier molecular flexibility index (Phi) is 6.09. The van der Waals surface area contributed by atoms with Gasteiger partial charge in [-0.1, -0.05) is 24.3 Å². The molecule has 0 saturated carbocycles. The highest BCUT2D eigenvalue weighted by molar-refractivity contribution is 5.55. The second kappa shape index (κ2) is 9.11. The second-order valence-electron chi connectivity index (χ2n) is 7.79. The van der Waals surface area contributed by atoms with Crippen LogP contribution in [0.25, 0.3) is 0 Å². The molecule has 6 heteroatoms. The zero-order chi connectivity index (χ0) is 22.7. The van der Waals surface area contributed by atoms with Gasteiger partial charge in [0, 0.05) is 36.9 Å². The van der Waals surface area contributed by atoms with E-state index in [-0.39, 0.29) is 11.8 Å². The van der Waals surface area contributed by atoms with Crippen molar-refractivity contribution >= 4 is 0 Å². The molecule has 2 heterocycles. The minimum absolute atomic E-state index is 0.164. The first-order valence-corrected chi connectivity index (χ1v) is 10.6. The lowest BCUT2D eigenvalue weighted by Crippen LogP contribution is -2.33. The van der Waals surface area contributed by atoms with E-state index in [0.29, 0.717) is 18.5 Å². The van der Waals surface area contributed by atoms with Crippen molar-refractivity contribution in [3.05, 3.63) is 94.2 Å². The minimum Gasteiger partial charge on any atom is -0.497 e. The third kappa shape index (κ3) is 4.02. The topological polar surface area (TPSA) is 80.7 Å². The third-order valence-corrected chi connectivity index (χ3v) is 5.94. The number of allylic oxidation sites excluding steroid dienone is 2. The predicted octanol–water partition coefficient (Wildman–Crippen LogP) is 4.23. The van der Waals surface area contributed by atoms with Gasteiger partial charge in [-0.15, -0.1) is 0 Å². The van der Waals surface area contributed by atoms with Gasteiger partial charge >= 0.3 is 0 Å². The van der Waals surface area contributed by atoms with E-state index in [2.05, 4.69) is 36.2 Å². The molecule has 32 heavy (non-hydrogen) atoms. The molecule has 2 aliphatic rings. The van der Waals surface area contributed by atoms with Gasteiger partial charge < -0.3 is 24.8 Å². The first kappa shape index (κ1) is 21.4. The number of hydrogen-bond donors (Lipinski definition) is 1. The summed E-state index contributed by atoms with van der Waals surface area (Å²) in [5.41, 5.74) is 10.9. The number of benzene rings is 2. The lowest BCUT2D eigenvalue weighted by Gasteiger charge is -2.36. The summed E-state index contributed by atoms with van der Waals surface area (Å²) in [4.78, 5) is 2.24. The van der Waals surface area contributed by atoms with E-state index in [1.165, 1.54) is 0 Å². The Morgan fingerprint density at radius 1 is 1.06 bits per heavy atom. The summed E-state index contributed by atoms with van der Waals surface area (Å²) in [5, 5.41) is 9.90. The summed E-state index contributed by atoms with van der Waals surface area (Å²) in [5.74, 6) is 2.26. The summed E-state index contributed by atoms with van der Waals surface area (Å²) in [7, 11) is 3.30. The number of nitrogens with zero attached hydrogens (tertiary/aromatic N) is 2. The van der Waals surface area contributed by atoms with Gasteiger partial charge in [0.1, 0.15) is 28.9 Å². The maximum Gasteiger partial charge on any atom is 0.205 e. The van der Waals surface area contributed by atoms with Crippen LogP contribution in [0.4, 0.5) is 0 Å². The van der Waals surface area contributed by atoms with E-state index < -0.39 is 0 Å². The molecule has 0 spiro atoms. The first-order valence-electron chi connectivity index (χ1n) is 10.6.